The van der Waals surface area contributed by atoms with Crippen LogP contribution in [-0.4, -0.2) is 36.4 Å². The third-order valence-electron chi connectivity index (χ3n) is 4.97. The molecule has 27 heavy (non-hydrogen) atoms. The van der Waals surface area contributed by atoms with Gasteiger partial charge in [0.1, 0.15) is 38.5 Å². The SMILES string of the molecule is Fc1ccc(-c2nnc(C[NH+]3CC[NH+](Cc4cccc(Cl)c4)CC3)o2)cc1. The molecule has 5 nitrogen and oxygen atoms in total. The van der Waals surface area contributed by atoms with E-state index in [9.17, 15) is 4.39 Å². The molecule has 1 saturated heterocycles. The maximum absolute atomic E-state index is 13.0. The second-order valence-corrected chi connectivity index (χ2v) is 7.43. The number of nitrogens with zero attached hydrogens (tertiary/aromatic N) is 2. The van der Waals surface area contributed by atoms with Gasteiger partial charge in [0.25, 0.3) is 5.89 Å². The molecule has 0 unspecified atom stereocenters. The quantitative estimate of drug-likeness (QED) is 0.686. The first-order valence-corrected chi connectivity index (χ1v) is 9.53. The van der Waals surface area contributed by atoms with Crippen molar-refractivity contribution in [3.8, 4) is 11.5 Å². The van der Waals surface area contributed by atoms with Gasteiger partial charge in [-0.3, -0.25) is 0 Å². The summed E-state index contributed by atoms with van der Waals surface area (Å²) in [6.07, 6.45) is 0. The van der Waals surface area contributed by atoms with Gasteiger partial charge in [-0.1, -0.05) is 23.7 Å². The highest BCUT2D eigenvalue weighted by atomic mass is 35.5. The molecule has 1 fully saturated rings. The monoisotopic (exact) mass is 388 g/mol. The third-order valence-corrected chi connectivity index (χ3v) is 5.20. The lowest BCUT2D eigenvalue weighted by Gasteiger charge is -2.29. The van der Waals surface area contributed by atoms with Crippen LogP contribution < -0.4 is 9.80 Å². The minimum absolute atomic E-state index is 0.277. The molecule has 0 aliphatic carbocycles. The smallest absolute Gasteiger partial charge is 0.271 e. The Morgan fingerprint density at radius 1 is 0.926 bits per heavy atom. The van der Waals surface area contributed by atoms with E-state index >= 15 is 0 Å². The molecule has 0 amide bonds. The summed E-state index contributed by atoms with van der Waals surface area (Å²) in [5.74, 6) is 0.790. The van der Waals surface area contributed by atoms with E-state index in [1.165, 1.54) is 22.6 Å². The van der Waals surface area contributed by atoms with Crippen molar-refractivity contribution in [2.24, 2.45) is 0 Å². The fraction of sp³-hybridized carbons (Fsp3) is 0.300. The van der Waals surface area contributed by atoms with Crippen molar-refractivity contribution < 1.29 is 18.6 Å². The maximum atomic E-state index is 13.0. The Bertz CT molecular complexity index is 891. The van der Waals surface area contributed by atoms with Crippen molar-refractivity contribution in [1.29, 1.82) is 0 Å². The van der Waals surface area contributed by atoms with Crippen LogP contribution in [0.3, 0.4) is 0 Å². The van der Waals surface area contributed by atoms with E-state index in [2.05, 4.69) is 16.3 Å². The van der Waals surface area contributed by atoms with E-state index in [1.807, 2.05) is 18.2 Å². The Balaban J connectivity index is 1.30. The van der Waals surface area contributed by atoms with E-state index in [0.29, 0.717) is 11.8 Å². The molecular weight excluding hydrogens is 367 g/mol. The Labute approximate surface area is 162 Å². The van der Waals surface area contributed by atoms with Crippen LogP contribution in [0.5, 0.6) is 0 Å². The van der Waals surface area contributed by atoms with Crippen molar-refractivity contribution in [3.05, 3.63) is 70.8 Å². The van der Waals surface area contributed by atoms with Gasteiger partial charge in [-0.05, 0) is 36.4 Å². The molecule has 1 aliphatic rings. The molecule has 2 heterocycles. The predicted octanol–water partition coefficient (Wildman–Crippen LogP) is 1.01. The molecule has 2 N–H and O–H groups in total. The van der Waals surface area contributed by atoms with Crippen LogP contribution in [0.4, 0.5) is 4.39 Å². The Morgan fingerprint density at radius 3 is 2.33 bits per heavy atom. The minimum atomic E-state index is -0.277. The number of hydrogen-bond acceptors (Lipinski definition) is 3. The molecule has 0 bridgehead atoms. The third kappa shape index (κ3) is 4.71. The van der Waals surface area contributed by atoms with Crippen molar-refractivity contribution in [3.63, 3.8) is 0 Å². The number of quaternary nitrogens is 2. The summed E-state index contributed by atoms with van der Waals surface area (Å²) in [7, 11) is 0. The molecule has 0 spiro atoms. The van der Waals surface area contributed by atoms with Gasteiger partial charge in [-0.2, -0.15) is 0 Å². The van der Waals surface area contributed by atoms with Crippen LogP contribution in [0, 0.1) is 5.82 Å². The largest absolute Gasteiger partial charge is 0.415 e. The first-order valence-electron chi connectivity index (χ1n) is 9.15. The lowest BCUT2D eigenvalue weighted by atomic mass is 10.2. The van der Waals surface area contributed by atoms with E-state index in [4.69, 9.17) is 16.0 Å². The number of rotatable bonds is 5. The minimum Gasteiger partial charge on any atom is -0.415 e. The highest BCUT2D eigenvalue weighted by molar-refractivity contribution is 6.30. The van der Waals surface area contributed by atoms with Gasteiger partial charge in [0, 0.05) is 16.1 Å². The molecule has 7 heteroatoms. The second kappa shape index (κ2) is 8.17. The van der Waals surface area contributed by atoms with E-state index in [1.54, 1.807) is 17.0 Å². The normalized spacial score (nSPS) is 19.9. The summed E-state index contributed by atoms with van der Waals surface area (Å²) in [5, 5.41) is 9.04. The molecular formula is C20H22ClFN4O+2. The second-order valence-electron chi connectivity index (χ2n) is 6.99. The number of nitrogens with one attached hydrogen (secondary N) is 2. The maximum Gasteiger partial charge on any atom is 0.271 e. The molecule has 2 aromatic carbocycles. The zero-order valence-electron chi connectivity index (χ0n) is 14.9. The zero-order valence-corrected chi connectivity index (χ0v) is 15.7. The molecule has 0 saturated carbocycles. The number of halogens is 2. The summed E-state index contributed by atoms with van der Waals surface area (Å²) in [5.41, 5.74) is 2.02. The van der Waals surface area contributed by atoms with Gasteiger partial charge in [0.15, 0.2) is 6.54 Å². The van der Waals surface area contributed by atoms with Crippen LogP contribution in [0.1, 0.15) is 11.5 Å². The molecule has 1 aliphatic heterocycles. The molecule has 4 rings (SSSR count). The Kier molecular flexibility index (Phi) is 5.48. The Morgan fingerprint density at radius 2 is 1.63 bits per heavy atom. The predicted molar refractivity (Wildman–Crippen MR) is 99.9 cm³/mol. The average Bonchev–Trinajstić information content (AvgIpc) is 3.12. The summed E-state index contributed by atoms with van der Waals surface area (Å²) in [4.78, 5) is 3.01. The molecule has 0 radical (unpaired) electrons. The van der Waals surface area contributed by atoms with Crippen LogP contribution >= 0.6 is 11.6 Å². The highest BCUT2D eigenvalue weighted by Gasteiger charge is 2.25. The number of aromatic nitrogens is 2. The van der Waals surface area contributed by atoms with E-state index < -0.39 is 0 Å². The topological polar surface area (TPSA) is 47.8 Å². The first kappa shape index (κ1) is 18.1. The van der Waals surface area contributed by atoms with Crippen molar-refractivity contribution in [1.82, 2.24) is 10.2 Å². The Hall–Kier alpha value is -2.28. The van der Waals surface area contributed by atoms with Gasteiger partial charge in [0.05, 0.1) is 0 Å². The highest BCUT2D eigenvalue weighted by Crippen LogP contribution is 2.17. The van der Waals surface area contributed by atoms with Gasteiger partial charge in [-0.15, -0.1) is 10.2 Å². The van der Waals surface area contributed by atoms with E-state index in [0.717, 1.165) is 49.9 Å². The van der Waals surface area contributed by atoms with Crippen LogP contribution in [0.15, 0.2) is 52.9 Å². The lowest BCUT2D eigenvalue weighted by molar-refractivity contribution is -1.02. The number of hydrogen-bond donors (Lipinski definition) is 2. The van der Waals surface area contributed by atoms with E-state index in [-0.39, 0.29) is 5.82 Å². The fourth-order valence-electron chi connectivity index (χ4n) is 3.49. The molecule has 1 aromatic heterocycles. The van der Waals surface area contributed by atoms with Crippen LogP contribution in [0.25, 0.3) is 11.5 Å². The lowest BCUT2D eigenvalue weighted by Crippen LogP contribution is -3.27. The average molecular weight is 389 g/mol. The molecule has 140 valence electrons. The molecule has 3 aromatic rings. The standard InChI is InChI=1S/C20H20ClFN4O/c21-17-3-1-2-15(12-17)13-25-8-10-26(11-9-25)14-19-23-24-20(27-19)16-4-6-18(22)7-5-16/h1-7,12H,8-11,13-14H2/p+2. The van der Waals surface area contributed by atoms with Gasteiger partial charge >= 0.3 is 0 Å². The molecule has 0 atom stereocenters. The van der Waals surface area contributed by atoms with Crippen molar-refractivity contribution in [2.45, 2.75) is 13.1 Å². The summed E-state index contributed by atoms with van der Waals surface area (Å²) >= 11 is 6.07. The summed E-state index contributed by atoms with van der Waals surface area (Å²) in [6, 6.07) is 14.2. The van der Waals surface area contributed by atoms with Crippen molar-refractivity contribution in [2.75, 3.05) is 26.2 Å². The summed E-state index contributed by atoms with van der Waals surface area (Å²) in [6.45, 7) is 6.04. The van der Waals surface area contributed by atoms with Gasteiger partial charge in [-0.25, -0.2) is 4.39 Å². The van der Waals surface area contributed by atoms with Crippen LogP contribution in [0.2, 0.25) is 5.02 Å². The van der Waals surface area contributed by atoms with Gasteiger partial charge < -0.3 is 14.2 Å². The fourth-order valence-corrected chi connectivity index (χ4v) is 3.71. The van der Waals surface area contributed by atoms with Crippen molar-refractivity contribution >= 4 is 11.6 Å². The first-order chi connectivity index (χ1) is 13.2. The van der Waals surface area contributed by atoms with Crippen LogP contribution in [-0.2, 0) is 13.1 Å². The zero-order chi connectivity index (χ0) is 18.6. The van der Waals surface area contributed by atoms with Gasteiger partial charge in [0.2, 0.25) is 5.89 Å². The number of benzene rings is 2. The summed E-state index contributed by atoms with van der Waals surface area (Å²) < 4.78 is 18.8. The number of piperazine rings is 1.